The van der Waals surface area contributed by atoms with Gasteiger partial charge in [0.2, 0.25) is 5.43 Å². The minimum atomic E-state index is -0.236. The summed E-state index contributed by atoms with van der Waals surface area (Å²) in [4.78, 5) is 25.4. The third-order valence-corrected chi connectivity index (χ3v) is 5.85. The molecule has 1 N–H and O–H groups in total. The molecule has 0 saturated heterocycles. The predicted molar refractivity (Wildman–Crippen MR) is 125 cm³/mol. The molecule has 3 aromatic carbocycles. The highest BCUT2D eigenvalue weighted by atomic mass is 16.5. The van der Waals surface area contributed by atoms with Crippen molar-refractivity contribution in [1.29, 1.82) is 0 Å². The van der Waals surface area contributed by atoms with Gasteiger partial charge in [-0.25, -0.2) is 0 Å². The van der Waals surface area contributed by atoms with Gasteiger partial charge in [0.15, 0.2) is 6.61 Å². The maximum atomic E-state index is 13.0. The van der Waals surface area contributed by atoms with Gasteiger partial charge in [0.25, 0.3) is 5.91 Å². The largest absolute Gasteiger partial charge is 0.484 e. The fourth-order valence-electron chi connectivity index (χ4n) is 4.31. The first kappa shape index (κ1) is 20.1. The van der Waals surface area contributed by atoms with E-state index in [-0.39, 0.29) is 17.9 Å². The van der Waals surface area contributed by atoms with Crippen molar-refractivity contribution in [2.24, 2.45) is 0 Å². The van der Waals surface area contributed by atoms with Crippen molar-refractivity contribution in [3.63, 3.8) is 0 Å². The Balaban J connectivity index is 1.32. The summed E-state index contributed by atoms with van der Waals surface area (Å²) in [6.45, 7) is 1.65. The van der Waals surface area contributed by atoms with Gasteiger partial charge in [-0.3, -0.25) is 9.59 Å². The zero-order valence-corrected chi connectivity index (χ0v) is 17.8. The quantitative estimate of drug-likeness (QED) is 0.473. The van der Waals surface area contributed by atoms with E-state index >= 15 is 0 Å². The molecule has 5 nitrogen and oxygen atoms in total. The second kappa shape index (κ2) is 8.35. The molecule has 1 aliphatic rings. The van der Waals surface area contributed by atoms with Crippen molar-refractivity contribution in [3.8, 4) is 16.9 Å². The van der Waals surface area contributed by atoms with Crippen LogP contribution in [0, 0.1) is 6.92 Å². The van der Waals surface area contributed by atoms with Gasteiger partial charge in [-0.05, 0) is 67.1 Å². The van der Waals surface area contributed by atoms with Crippen LogP contribution in [0.15, 0.2) is 75.9 Å². The molecule has 0 bridgehead atoms. The average molecular weight is 425 g/mol. The van der Waals surface area contributed by atoms with E-state index in [0.29, 0.717) is 28.0 Å². The van der Waals surface area contributed by atoms with Crippen LogP contribution >= 0.6 is 0 Å². The smallest absolute Gasteiger partial charge is 0.262 e. The topological polar surface area (TPSA) is 68.5 Å². The third kappa shape index (κ3) is 3.89. The predicted octanol–water partition coefficient (Wildman–Crippen LogP) is 5.27. The Bertz CT molecular complexity index is 1370. The number of aryl methyl sites for hydroxylation is 3. The number of hydrogen-bond donors (Lipinski definition) is 1. The lowest BCUT2D eigenvalue weighted by atomic mass is 10.0. The molecule has 0 unspecified atom stereocenters. The SMILES string of the molecule is Cc1oc2cc(OCC(=O)Nc3ccc4c(c3)CCC4)ccc2c(=O)c1-c1ccccc1. The molecule has 1 amide bonds. The van der Waals surface area contributed by atoms with Crippen molar-refractivity contribution in [3.05, 3.63) is 93.8 Å². The van der Waals surface area contributed by atoms with Gasteiger partial charge >= 0.3 is 0 Å². The number of fused-ring (bicyclic) bond motifs is 2. The summed E-state index contributed by atoms with van der Waals surface area (Å²) in [5.41, 5.74) is 5.18. The van der Waals surface area contributed by atoms with E-state index in [4.69, 9.17) is 9.15 Å². The van der Waals surface area contributed by atoms with Crippen molar-refractivity contribution in [2.75, 3.05) is 11.9 Å². The minimum Gasteiger partial charge on any atom is -0.484 e. The van der Waals surface area contributed by atoms with E-state index in [9.17, 15) is 9.59 Å². The number of rotatable bonds is 5. The zero-order chi connectivity index (χ0) is 22.1. The highest BCUT2D eigenvalue weighted by Gasteiger charge is 2.15. The number of anilines is 1. The number of nitrogens with one attached hydrogen (secondary N) is 1. The van der Waals surface area contributed by atoms with E-state index in [1.165, 1.54) is 17.5 Å². The molecule has 0 spiro atoms. The van der Waals surface area contributed by atoms with E-state index in [1.807, 2.05) is 42.5 Å². The molecule has 160 valence electrons. The summed E-state index contributed by atoms with van der Waals surface area (Å²) in [5, 5.41) is 3.36. The monoisotopic (exact) mass is 425 g/mol. The average Bonchev–Trinajstić information content (AvgIpc) is 3.26. The Morgan fingerprint density at radius 1 is 1.00 bits per heavy atom. The van der Waals surface area contributed by atoms with Gasteiger partial charge in [-0.1, -0.05) is 36.4 Å². The molecular weight excluding hydrogens is 402 g/mol. The van der Waals surface area contributed by atoms with Gasteiger partial charge in [0.05, 0.1) is 10.9 Å². The van der Waals surface area contributed by atoms with Crippen LogP contribution in [0.1, 0.15) is 23.3 Å². The lowest BCUT2D eigenvalue weighted by Gasteiger charge is -2.10. The molecule has 0 fully saturated rings. The van der Waals surface area contributed by atoms with Crippen molar-refractivity contribution >= 4 is 22.6 Å². The number of amides is 1. The van der Waals surface area contributed by atoms with Gasteiger partial charge in [-0.2, -0.15) is 0 Å². The van der Waals surface area contributed by atoms with Crippen LogP contribution in [-0.2, 0) is 17.6 Å². The molecule has 1 aromatic heterocycles. The number of carbonyl (C=O) groups excluding carboxylic acids is 1. The molecule has 0 atom stereocenters. The second-order valence-corrected chi connectivity index (χ2v) is 8.06. The third-order valence-electron chi connectivity index (χ3n) is 5.85. The molecule has 1 aliphatic carbocycles. The Labute approximate surface area is 185 Å². The fraction of sp³-hybridized carbons (Fsp3) is 0.185. The highest BCUT2D eigenvalue weighted by Crippen LogP contribution is 2.27. The summed E-state index contributed by atoms with van der Waals surface area (Å²) in [5.74, 6) is 0.775. The minimum absolute atomic E-state index is 0.0872. The molecule has 0 aliphatic heterocycles. The molecule has 32 heavy (non-hydrogen) atoms. The van der Waals surface area contributed by atoms with Crippen LogP contribution in [0.5, 0.6) is 5.75 Å². The number of benzene rings is 3. The summed E-state index contributed by atoms with van der Waals surface area (Å²) in [6.07, 6.45) is 3.33. The van der Waals surface area contributed by atoms with Crippen molar-refractivity contribution in [2.45, 2.75) is 26.2 Å². The van der Waals surface area contributed by atoms with Crippen molar-refractivity contribution in [1.82, 2.24) is 0 Å². The van der Waals surface area contributed by atoms with Crippen LogP contribution in [-0.4, -0.2) is 12.5 Å². The summed E-state index contributed by atoms with van der Waals surface area (Å²) >= 11 is 0. The van der Waals surface area contributed by atoms with Gasteiger partial charge in [0, 0.05) is 11.8 Å². The van der Waals surface area contributed by atoms with Crippen LogP contribution in [0.3, 0.4) is 0 Å². The first-order valence-electron chi connectivity index (χ1n) is 10.8. The van der Waals surface area contributed by atoms with E-state index < -0.39 is 0 Å². The summed E-state index contributed by atoms with van der Waals surface area (Å²) < 4.78 is 11.6. The Kier molecular flexibility index (Phi) is 5.23. The van der Waals surface area contributed by atoms with Gasteiger partial charge in [-0.15, -0.1) is 0 Å². The van der Waals surface area contributed by atoms with Crippen LogP contribution in [0.2, 0.25) is 0 Å². The lowest BCUT2D eigenvalue weighted by molar-refractivity contribution is -0.118. The van der Waals surface area contributed by atoms with Gasteiger partial charge < -0.3 is 14.5 Å². The standard InChI is InChI=1S/C27H23NO4/c1-17-26(19-6-3-2-4-7-19)27(30)23-13-12-22(15-24(23)32-17)31-16-25(29)28-21-11-10-18-8-5-9-20(18)14-21/h2-4,6-7,10-15H,5,8-9,16H2,1H3,(H,28,29). The maximum Gasteiger partial charge on any atom is 0.262 e. The molecule has 1 heterocycles. The Hall–Kier alpha value is -3.86. The van der Waals surface area contributed by atoms with E-state index in [1.54, 1.807) is 25.1 Å². The molecule has 0 saturated carbocycles. The lowest BCUT2D eigenvalue weighted by Crippen LogP contribution is -2.20. The van der Waals surface area contributed by atoms with E-state index in [2.05, 4.69) is 11.4 Å². The highest BCUT2D eigenvalue weighted by molar-refractivity contribution is 5.92. The number of carbonyl (C=O) groups is 1. The number of hydrogen-bond acceptors (Lipinski definition) is 4. The second-order valence-electron chi connectivity index (χ2n) is 8.06. The van der Waals surface area contributed by atoms with Crippen LogP contribution in [0.4, 0.5) is 5.69 Å². The van der Waals surface area contributed by atoms with Crippen LogP contribution < -0.4 is 15.5 Å². The fourth-order valence-corrected chi connectivity index (χ4v) is 4.31. The van der Waals surface area contributed by atoms with Crippen molar-refractivity contribution < 1.29 is 13.9 Å². The maximum absolute atomic E-state index is 13.0. The molecule has 5 rings (SSSR count). The number of ether oxygens (including phenoxy) is 1. The Morgan fingerprint density at radius 3 is 2.66 bits per heavy atom. The molecule has 4 aromatic rings. The molecular formula is C27H23NO4. The summed E-state index contributed by atoms with van der Waals surface area (Å²) in [7, 11) is 0. The van der Waals surface area contributed by atoms with E-state index in [0.717, 1.165) is 24.1 Å². The Morgan fingerprint density at radius 2 is 1.81 bits per heavy atom. The summed E-state index contributed by atoms with van der Waals surface area (Å²) in [6, 6.07) is 20.5. The normalized spacial score (nSPS) is 12.5. The molecule has 0 radical (unpaired) electrons. The van der Waals surface area contributed by atoms with Crippen LogP contribution in [0.25, 0.3) is 22.1 Å². The first-order chi connectivity index (χ1) is 15.6. The first-order valence-corrected chi connectivity index (χ1v) is 10.8. The van der Waals surface area contributed by atoms with Gasteiger partial charge in [0.1, 0.15) is 17.1 Å². The molecule has 5 heteroatoms. The zero-order valence-electron chi connectivity index (χ0n) is 17.8.